The molecule has 0 saturated heterocycles. The number of carboxylic acids is 1. The number of carbonyl (C=O) groups is 1. The van der Waals surface area contributed by atoms with Crippen LogP contribution in [-0.2, 0) is 14.8 Å². The third-order valence-electron chi connectivity index (χ3n) is 3.33. The minimum atomic E-state index is -3.88. The Bertz CT molecular complexity index is 872. The molecule has 2 aromatic carbocycles. The van der Waals surface area contributed by atoms with Gasteiger partial charge in [0, 0.05) is 21.9 Å². The summed E-state index contributed by atoms with van der Waals surface area (Å²) in [6.45, 7) is 0.00600. The van der Waals surface area contributed by atoms with E-state index in [-0.39, 0.29) is 29.3 Å². The van der Waals surface area contributed by atoms with Gasteiger partial charge in [-0.25, -0.2) is 8.42 Å². The minimum absolute atomic E-state index is 0.00600. The molecule has 0 radical (unpaired) electrons. The first-order valence-corrected chi connectivity index (χ1v) is 10.6. The Morgan fingerprint density at radius 3 is 2.24 bits per heavy atom. The van der Waals surface area contributed by atoms with E-state index in [1.807, 2.05) is 0 Å². The summed E-state index contributed by atoms with van der Waals surface area (Å²) >= 11 is 12.8. The van der Waals surface area contributed by atoms with Crippen molar-refractivity contribution in [3.63, 3.8) is 0 Å². The fourth-order valence-corrected chi connectivity index (χ4v) is 4.77. The lowest BCUT2D eigenvalue weighted by atomic mass is 10.3. The van der Waals surface area contributed by atoms with Crippen molar-refractivity contribution < 1.29 is 18.3 Å². The molecule has 0 aliphatic heterocycles. The predicted molar refractivity (Wildman–Crippen MR) is 105 cm³/mol. The second-order valence-electron chi connectivity index (χ2n) is 5.12. The Labute approximate surface area is 167 Å². The Hall–Kier alpha value is -1.09. The molecule has 0 saturated carbocycles. The highest BCUT2D eigenvalue weighted by Crippen LogP contribution is 2.33. The quantitative estimate of drug-likeness (QED) is 0.572. The zero-order valence-electron chi connectivity index (χ0n) is 12.8. The van der Waals surface area contributed by atoms with Crippen LogP contribution in [0.4, 0.5) is 5.69 Å². The average Bonchev–Trinajstić information content (AvgIpc) is 2.52. The molecule has 1 N–H and O–H groups in total. The molecule has 9 heteroatoms. The maximum atomic E-state index is 13.0. The zero-order chi connectivity index (χ0) is 18.6. The van der Waals surface area contributed by atoms with Gasteiger partial charge in [0.15, 0.2) is 0 Å². The Morgan fingerprint density at radius 1 is 1.08 bits per heavy atom. The molecule has 2 aromatic rings. The number of rotatable bonds is 7. The molecule has 0 spiro atoms. The Kier molecular flexibility index (Phi) is 6.90. The lowest BCUT2D eigenvalue weighted by Gasteiger charge is -2.25. The van der Waals surface area contributed by atoms with E-state index >= 15 is 0 Å². The molecule has 5 nitrogen and oxygen atoms in total. The zero-order valence-corrected chi connectivity index (χ0v) is 17.6. The molecular formula is C16H14Br2ClNO4S. The van der Waals surface area contributed by atoms with Crippen molar-refractivity contribution >= 4 is 65.1 Å². The first-order valence-electron chi connectivity index (χ1n) is 7.17. The normalized spacial score (nSPS) is 11.3. The maximum absolute atomic E-state index is 13.0. The number of carboxylic acid groups (broad SMARTS) is 1. The Balaban J connectivity index is 2.45. The van der Waals surface area contributed by atoms with Crippen molar-refractivity contribution in [1.29, 1.82) is 0 Å². The topological polar surface area (TPSA) is 74.7 Å². The maximum Gasteiger partial charge on any atom is 0.303 e. The lowest BCUT2D eigenvalue weighted by Crippen LogP contribution is -2.32. The predicted octanol–water partition coefficient (Wildman–Crippen LogP) is 4.93. The van der Waals surface area contributed by atoms with Crippen LogP contribution in [0.25, 0.3) is 0 Å². The van der Waals surface area contributed by atoms with Gasteiger partial charge in [-0.15, -0.1) is 0 Å². The van der Waals surface area contributed by atoms with Crippen LogP contribution in [0.5, 0.6) is 0 Å². The van der Waals surface area contributed by atoms with Gasteiger partial charge in [0.1, 0.15) is 0 Å². The van der Waals surface area contributed by atoms with Crippen LogP contribution in [0.1, 0.15) is 12.8 Å². The van der Waals surface area contributed by atoms with E-state index in [1.165, 1.54) is 12.1 Å². The molecule has 2 rings (SSSR count). The summed E-state index contributed by atoms with van der Waals surface area (Å²) in [5.41, 5.74) is 0.304. The first-order chi connectivity index (χ1) is 11.7. The van der Waals surface area contributed by atoms with Gasteiger partial charge in [-0.2, -0.15) is 0 Å². The number of benzene rings is 2. The van der Waals surface area contributed by atoms with E-state index in [1.54, 1.807) is 30.3 Å². The second-order valence-corrected chi connectivity index (χ2v) is 9.22. The monoisotopic (exact) mass is 509 g/mol. The van der Waals surface area contributed by atoms with Gasteiger partial charge >= 0.3 is 5.97 Å². The summed E-state index contributed by atoms with van der Waals surface area (Å²) in [6.07, 6.45) is 0.0258. The van der Waals surface area contributed by atoms with E-state index in [9.17, 15) is 13.2 Å². The molecule has 0 bridgehead atoms. The highest BCUT2D eigenvalue weighted by molar-refractivity contribution is 9.10. The van der Waals surface area contributed by atoms with Crippen LogP contribution in [0.3, 0.4) is 0 Å². The van der Waals surface area contributed by atoms with Gasteiger partial charge in [0.2, 0.25) is 0 Å². The summed E-state index contributed by atoms with van der Waals surface area (Å²) in [5.74, 6) is -0.983. The largest absolute Gasteiger partial charge is 0.481 e. The number of hydrogen-bond donors (Lipinski definition) is 1. The van der Waals surface area contributed by atoms with E-state index in [2.05, 4.69) is 31.9 Å². The Morgan fingerprint density at radius 2 is 1.68 bits per heavy atom. The molecule has 134 valence electrons. The molecule has 0 aromatic heterocycles. The second kappa shape index (κ2) is 8.53. The van der Waals surface area contributed by atoms with Crippen LogP contribution in [0.15, 0.2) is 56.3 Å². The molecular weight excluding hydrogens is 498 g/mol. The summed E-state index contributed by atoms with van der Waals surface area (Å²) in [5, 5.41) is 9.09. The molecule has 0 heterocycles. The molecule has 0 amide bonds. The van der Waals surface area contributed by atoms with Crippen molar-refractivity contribution in [2.75, 3.05) is 10.8 Å². The third-order valence-corrected chi connectivity index (χ3v) is 6.48. The summed E-state index contributed by atoms with van der Waals surface area (Å²) < 4.78 is 28.7. The van der Waals surface area contributed by atoms with E-state index in [0.717, 1.165) is 8.78 Å². The van der Waals surface area contributed by atoms with Crippen LogP contribution in [0, 0.1) is 0 Å². The summed E-state index contributed by atoms with van der Waals surface area (Å²) in [6, 6.07) is 11.1. The van der Waals surface area contributed by atoms with E-state index in [4.69, 9.17) is 16.7 Å². The number of anilines is 1. The van der Waals surface area contributed by atoms with Gasteiger partial charge in [0.25, 0.3) is 10.0 Å². The van der Waals surface area contributed by atoms with E-state index in [0.29, 0.717) is 10.2 Å². The molecule has 0 atom stereocenters. The lowest BCUT2D eigenvalue weighted by molar-refractivity contribution is -0.137. The van der Waals surface area contributed by atoms with Gasteiger partial charge in [-0.3, -0.25) is 9.10 Å². The third kappa shape index (κ3) is 5.20. The molecule has 0 unspecified atom stereocenters. The molecule has 25 heavy (non-hydrogen) atoms. The first kappa shape index (κ1) is 20.2. The standard InChI is InChI=1S/C16H14Br2ClNO4S/c17-11-3-6-13(7-4-11)25(23,24)20(9-1-2-16(21)22)15-8-5-12(18)10-14(15)19/h3-8,10H,1-2,9H2,(H,21,22). The smallest absolute Gasteiger partial charge is 0.303 e. The van der Waals surface area contributed by atoms with Crippen molar-refractivity contribution in [1.82, 2.24) is 0 Å². The van der Waals surface area contributed by atoms with Gasteiger partial charge < -0.3 is 5.11 Å². The molecule has 0 aliphatic carbocycles. The number of sulfonamides is 1. The van der Waals surface area contributed by atoms with Crippen LogP contribution < -0.4 is 4.31 Å². The number of halogens is 3. The van der Waals surface area contributed by atoms with Gasteiger partial charge in [0.05, 0.1) is 15.6 Å². The summed E-state index contributed by atoms with van der Waals surface area (Å²) in [4.78, 5) is 10.9. The van der Waals surface area contributed by atoms with Crippen LogP contribution >= 0.6 is 43.5 Å². The minimum Gasteiger partial charge on any atom is -0.481 e. The number of hydrogen-bond acceptors (Lipinski definition) is 3. The number of nitrogens with zero attached hydrogens (tertiary/aromatic N) is 1. The highest BCUT2D eigenvalue weighted by atomic mass is 79.9. The van der Waals surface area contributed by atoms with Crippen molar-refractivity contribution in [3.8, 4) is 0 Å². The highest BCUT2D eigenvalue weighted by Gasteiger charge is 2.26. The fourth-order valence-electron chi connectivity index (χ4n) is 2.16. The van der Waals surface area contributed by atoms with Gasteiger partial charge in [-0.05, 0) is 48.9 Å². The summed E-state index contributed by atoms with van der Waals surface area (Å²) in [7, 11) is -3.88. The fraction of sp³-hybridized carbons (Fsp3) is 0.188. The van der Waals surface area contributed by atoms with Crippen molar-refractivity contribution in [2.24, 2.45) is 0 Å². The van der Waals surface area contributed by atoms with E-state index < -0.39 is 16.0 Å². The average molecular weight is 512 g/mol. The molecule has 0 aliphatic rings. The van der Waals surface area contributed by atoms with Crippen LogP contribution in [0.2, 0.25) is 5.02 Å². The molecule has 0 fully saturated rings. The number of aliphatic carboxylic acids is 1. The van der Waals surface area contributed by atoms with Crippen molar-refractivity contribution in [2.45, 2.75) is 17.7 Å². The SMILES string of the molecule is O=C(O)CCCN(c1ccc(Br)cc1Cl)S(=O)(=O)c1ccc(Br)cc1. The van der Waals surface area contributed by atoms with Gasteiger partial charge in [-0.1, -0.05) is 43.5 Å². The van der Waals surface area contributed by atoms with Crippen molar-refractivity contribution in [3.05, 3.63) is 56.4 Å². The van der Waals surface area contributed by atoms with Crippen LogP contribution in [-0.4, -0.2) is 26.0 Å².